The first kappa shape index (κ1) is 15.0. The minimum atomic E-state index is -0.477. The zero-order chi connectivity index (χ0) is 14.5. The second kappa shape index (κ2) is 6.85. The van der Waals surface area contributed by atoms with Gasteiger partial charge in [-0.3, -0.25) is 0 Å². The quantitative estimate of drug-likeness (QED) is 0.608. The van der Waals surface area contributed by atoms with Gasteiger partial charge >= 0.3 is 5.97 Å². The van der Waals surface area contributed by atoms with Crippen molar-refractivity contribution in [3.05, 3.63) is 33.3 Å². The van der Waals surface area contributed by atoms with Crippen molar-refractivity contribution in [1.82, 2.24) is 15.0 Å². The van der Waals surface area contributed by atoms with Crippen molar-refractivity contribution in [2.75, 3.05) is 6.61 Å². The molecule has 0 aliphatic heterocycles. The molecule has 0 bridgehead atoms. The highest BCUT2D eigenvalue weighted by Crippen LogP contribution is 2.19. The minimum absolute atomic E-state index is 0.174. The zero-order valence-electron chi connectivity index (χ0n) is 11.4. The number of aromatic nitrogens is 3. The van der Waals surface area contributed by atoms with Crippen LogP contribution in [-0.2, 0) is 23.6 Å². The fourth-order valence-corrected chi connectivity index (χ4v) is 3.00. The summed E-state index contributed by atoms with van der Waals surface area (Å²) < 4.78 is 6.60. The maximum atomic E-state index is 11.7. The smallest absolute Gasteiger partial charge is 0.360 e. The summed E-state index contributed by atoms with van der Waals surface area (Å²) >= 11 is 7.64. The van der Waals surface area contributed by atoms with E-state index < -0.39 is 5.97 Å². The summed E-state index contributed by atoms with van der Waals surface area (Å²) in [5.41, 5.74) is 0.797. The number of nitrogens with zero attached hydrogens (tertiary/aromatic N) is 3. The van der Waals surface area contributed by atoms with Crippen molar-refractivity contribution in [2.24, 2.45) is 0 Å². The molecule has 0 atom stereocenters. The van der Waals surface area contributed by atoms with Crippen molar-refractivity contribution >= 4 is 28.9 Å². The first-order chi connectivity index (χ1) is 9.69. The summed E-state index contributed by atoms with van der Waals surface area (Å²) in [6.45, 7) is 4.74. The van der Waals surface area contributed by atoms with E-state index in [1.54, 1.807) is 22.9 Å². The normalized spacial score (nSPS) is 10.8. The second-order valence-electron chi connectivity index (χ2n) is 4.12. The third-order valence-corrected chi connectivity index (χ3v) is 4.27. The van der Waals surface area contributed by atoms with E-state index in [0.717, 1.165) is 11.3 Å². The molecule has 0 aliphatic carbocycles. The average molecular weight is 314 g/mol. The van der Waals surface area contributed by atoms with Crippen LogP contribution in [0.4, 0.5) is 0 Å². The van der Waals surface area contributed by atoms with Crippen LogP contribution in [-0.4, -0.2) is 27.6 Å². The highest BCUT2D eigenvalue weighted by atomic mass is 35.5. The largest absolute Gasteiger partial charge is 0.461 e. The van der Waals surface area contributed by atoms with Gasteiger partial charge in [0.05, 0.1) is 24.7 Å². The summed E-state index contributed by atoms with van der Waals surface area (Å²) in [7, 11) is 0. The molecule has 0 aromatic carbocycles. The number of aryl methyl sites for hydroxylation is 1. The van der Waals surface area contributed by atoms with E-state index in [1.165, 1.54) is 4.88 Å². The van der Waals surface area contributed by atoms with Crippen molar-refractivity contribution in [3.8, 4) is 0 Å². The molecule has 0 saturated heterocycles. The SMILES string of the molecule is CCOC(=O)c1nnn(Cc2ccc(CC)s2)c1CCl. The lowest BCUT2D eigenvalue weighted by Gasteiger charge is -2.03. The monoisotopic (exact) mass is 313 g/mol. The van der Waals surface area contributed by atoms with Crippen LogP contribution in [0, 0.1) is 0 Å². The standard InChI is InChI=1S/C13H16ClN3O2S/c1-3-9-5-6-10(20-9)8-17-11(7-14)12(15-16-17)13(18)19-4-2/h5-6H,3-4,7-8H2,1-2H3. The first-order valence-corrected chi connectivity index (χ1v) is 7.77. The van der Waals surface area contributed by atoms with Crippen LogP contribution >= 0.6 is 22.9 Å². The third kappa shape index (κ3) is 3.19. The first-order valence-electron chi connectivity index (χ1n) is 6.42. The molecule has 0 spiro atoms. The lowest BCUT2D eigenvalue weighted by atomic mass is 10.3. The fourth-order valence-electron chi connectivity index (χ4n) is 1.79. The molecule has 0 amide bonds. The number of hydrogen-bond acceptors (Lipinski definition) is 5. The summed E-state index contributed by atoms with van der Waals surface area (Å²) in [6, 6.07) is 4.16. The van der Waals surface area contributed by atoms with Crippen molar-refractivity contribution in [2.45, 2.75) is 32.7 Å². The predicted octanol–water partition coefficient (Wildman–Crippen LogP) is 2.87. The molecule has 5 nitrogen and oxygen atoms in total. The van der Waals surface area contributed by atoms with Crippen LogP contribution < -0.4 is 0 Å². The number of esters is 1. The van der Waals surface area contributed by atoms with E-state index in [1.807, 2.05) is 0 Å². The number of hydrogen-bond donors (Lipinski definition) is 0. The Bertz CT molecular complexity index is 594. The summed E-state index contributed by atoms with van der Waals surface area (Å²) in [6.07, 6.45) is 1.01. The molecule has 0 unspecified atom stereocenters. The predicted molar refractivity (Wildman–Crippen MR) is 78.3 cm³/mol. The Hall–Kier alpha value is -1.40. The molecule has 2 aromatic heterocycles. The number of ether oxygens (including phenoxy) is 1. The number of halogens is 1. The van der Waals surface area contributed by atoms with Gasteiger partial charge in [-0.05, 0) is 25.5 Å². The highest BCUT2D eigenvalue weighted by molar-refractivity contribution is 7.11. The Kier molecular flexibility index (Phi) is 5.14. The minimum Gasteiger partial charge on any atom is -0.461 e. The van der Waals surface area contributed by atoms with Gasteiger partial charge in [0.2, 0.25) is 0 Å². The van der Waals surface area contributed by atoms with E-state index in [2.05, 4.69) is 29.4 Å². The van der Waals surface area contributed by atoms with Crippen LogP contribution in [0.2, 0.25) is 0 Å². The number of rotatable bonds is 6. The highest BCUT2D eigenvalue weighted by Gasteiger charge is 2.20. The lowest BCUT2D eigenvalue weighted by Crippen LogP contribution is -2.10. The molecular formula is C13H16ClN3O2S. The molecule has 20 heavy (non-hydrogen) atoms. The Labute approximate surface area is 126 Å². The van der Waals surface area contributed by atoms with Gasteiger partial charge in [0.1, 0.15) is 0 Å². The molecule has 108 valence electrons. The number of carbonyl (C=O) groups excluding carboxylic acids is 1. The molecule has 2 aromatic rings. The average Bonchev–Trinajstić information content (AvgIpc) is 3.05. The van der Waals surface area contributed by atoms with Crippen molar-refractivity contribution < 1.29 is 9.53 Å². The van der Waals surface area contributed by atoms with Crippen LogP contribution in [0.5, 0.6) is 0 Å². The Morgan fingerprint density at radius 1 is 1.40 bits per heavy atom. The summed E-state index contributed by atoms with van der Waals surface area (Å²) in [5, 5.41) is 7.90. The molecule has 0 aliphatic rings. The molecule has 0 N–H and O–H groups in total. The number of thiophene rings is 1. The van der Waals surface area contributed by atoms with Crippen LogP contribution in [0.1, 0.15) is 39.8 Å². The van der Waals surface area contributed by atoms with Crippen LogP contribution in [0.15, 0.2) is 12.1 Å². The maximum Gasteiger partial charge on any atom is 0.360 e. The molecule has 7 heteroatoms. The topological polar surface area (TPSA) is 57.0 Å². The van der Waals surface area contributed by atoms with E-state index in [0.29, 0.717) is 18.8 Å². The summed E-state index contributed by atoms with van der Waals surface area (Å²) in [4.78, 5) is 14.2. The van der Waals surface area contributed by atoms with Crippen molar-refractivity contribution in [3.63, 3.8) is 0 Å². The van der Waals surface area contributed by atoms with Gasteiger partial charge < -0.3 is 4.74 Å². The van der Waals surface area contributed by atoms with E-state index >= 15 is 0 Å². The van der Waals surface area contributed by atoms with E-state index in [-0.39, 0.29) is 11.6 Å². The molecule has 0 radical (unpaired) electrons. The van der Waals surface area contributed by atoms with Gasteiger partial charge in [0.25, 0.3) is 0 Å². The van der Waals surface area contributed by atoms with Gasteiger partial charge in [-0.1, -0.05) is 12.1 Å². The molecule has 0 saturated carbocycles. The van der Waals surface area contributed by atoms with Gasteiger partial charge in [0, 0.05) is 9.75 Å². The van der Waals surface area contributed by atoms with Crippen LogP contribution in [0.25, 0.3) is 0 Å². The molecular weight excluding hydrogens is 298 g/mol. The van der Waals surface area contributed by atoms with Gasteiger partial charge in [-0.25, -0.2) is 9.48 Å². The van der Waals surface area contributed by atoms with Crippen LogP contribution in [0.3, 0.4) is 0 Å². The van der Waals surface area contributed by atoms with Crippen molar-refractivity contribution in [1.29, 1.82) is 0 Å². The molecule has 0 fully saturated rings. The third-order valence-electron chi connectivity index (χ3n) is 2.80. The zero-order valence-corrected chi connectivity index (χ0v) is 13.0. The van der Waals surface area contributed by atoms with Gasteiger partial charge in [0.15, 0.2) is 5.69 Å². The Morgan fingerprint density at radius 2 is 2.15 bits per heavy atom. The maximum absolute atomic E-state index is 11.7. The van der Waals surface area contributed by atoms with E-state index in [9.17, 15) is 4.79 Å². The molecule has 2 rings (SSSR count). The number of carbonyl (C=O) groups is 1. The van der Waals surface area contributed by atoms with Gasteiger partial charge in [-0.15, -0.1) is 28.0 Å². The second-order valence-corrected chi connectivity index (χ2v) is 5.64. The lowest BCUT2D eigenvalue weighted by molar-refractivity contribution is 0.0518. The Balaban J connectivity index is 2.21. The molecule has 2 heterocycles. The Morgan fingerprint density at radius 3 is 2.75 bits per heavy atom. The fraction of sp³-hybridized carbons (Fsp3) is 0.462. The summed E-state index contributed by atoms with van der Waals surface area (Å²) in [5.74, 6) is -0.303. The number of alkyl halides is 1. The van der Waals surface area contributed by atoms with Gasteiger partial charge in [-0.2, -0.15) is 0 Å². The van der Waals surface area contributed by atoms with E-state index in [4.69, 9.17) is 16.3 Å².